The first-order chi connectivity index (χ1) is 8.65. The van der Waals surface area contributed by atoms with Gasteiger partial charge < -0.3 is 9.64 Å². The number of hydrogen-bond acceptors (Lipinski definition) is 4. The Kier molecular flexibility index (Phi) is 3.99. The lowest BCUT2D eigenvalue weighted by molar-refractivity contribution is -0.151. The van der Waals surface area contributed by atoms with Gasteiger partial charge in [-0.3, -0.25) is 14.4 Å². The number of Topliss-reactive ketones (excluding diaryl/α,β-unsaturated/α-hetero) is 1. The van der Waals surface area contributed by atoms with Gasteiger partial charge in [-0.15, -0.1) is 0 Å². The maximum Gasteiger partial charge on any atom is 0.318 e. The fourth-order valence-electron chi connectivity index (χ4n) is 2.79. The zero-order chi connectivity index (χ0) is 13.1. The molecular formula is C13H19NO4. The van der Waals surface area contributed by atoms with Crippen LogP contribution in [0.3, 0.4) is 0 Å². The smallest absolute Gasteiger partial charge is 0.318 e. The molecule has 0 spiro atoms. The van der Waals surface area contributed by atoms with Crippen LogP contribution in [0.15, 0.2) is 0 Å². The molecule has 0 unspecified atom stereocenters. The predicted molar refractivity (Wildman–Crippen MR) is 63.7 cm³/mol. The van der Waals surface area contributed by atoms with E-state index in [-0.39, 0.29) is 19.2 Å². The second-order valence-electron chi connectivity index (χ2n) is 4.92. The summed E-state index contributed by atoms with van der Waals surface area (Å²) in [4.78, 5) is 36.9. The summed E-state index contributed by atoms with van der Waals surface area (Å²) in [6, 6.07) is 0.134. The Balaban J connectivity index is 2.04. The van der Waals surface area contributed by atoms with Gasteiger partial charge in [0.1, 0.15) is 5.92 Å². The molecule has 0 aromatic rings. The Morgan fingerprint density at radius 3 is 2.56 bits per heavy atom. The Labute approximate surface area is 106 Å². The van der Waals surface area contributed by atoms with E-state index in [9.17, 15) is 14.4 Å². The van der Waals surface area contributed by atoms with E-state index in [0.717, 1.165) is 25.7 Å². The van der Waals surface area contributed by atoms with Crippen LogP contribution in [0.1, 0.15) is 39.0 Å². The fourth-order valence-corrected chi connectivity index (χ4v) is 2.79. The Morgan fingerprint density at radius 1 is 1.28 bits per heavy atom. The van der Waals surface area contributed by atoms with E-state index in [1.807, 2.05) is 0 Å². The molecule has 5 nitrogen and oxygen atoms in total. The minimum atomic E-state index is -0.903. The lowest BCUT2D eigenvalue weighted by atomic mass is 9.94. The first kappa shape index (κ1) is 13.1. The van der Waals surface area contributed by atoms with Gasteiger partial charge in [-0.05, 0) is 19.8 Å². The van der Waals surface area contributed by atoms with Crippen molar-refractivity contribution < 1.29 is 19.1 Å². The van der Waals surface area contributed by atoms with Gasteiger partial charge in [-0.1, -0.05) is 19.3 Å². The quantitative estimate of drug-likeness (QED) is 0.426. The molecule has 1 saturated heterocycles. The van der Waals surface area contributed by atoms with Crippen LogP contribution in [0.4, 0.5) is 0 Å². The van der Waals surface area contributed by atoms with Crippen LogP contribution in [-0.2, 0) is 19.1 Å². The predicted octanol–water partition coefficient (Wildman–Crippen LogP) is 0.910. The minimum absolute atomic E-state index is 0.134. The zero-order valence-corrected chi connectivity index (χ0v) is 10.7. The molecule has 2 fully saturated rings. The standard InChI is InChI=1S/C13H19NO4/c1-2-18-13(17)10-8-14(12(16)11(10)15)9-6-4-3-5-7-9/h9-10H,2-8H2,1H3/t10-/m0/s1. The summed E-state index contributed by atoms with van der Waals surface area (Å²) >= 11 is 0. The van der Waals surface area contributed by atoms with Gasteiger partial charge in [-0.25, -0.2) is 0 Å². The van der Waals surface area contributed by atoms with Crippen molar-refractivity contribution in [2.45, 2.75) is 45.1 Å². The molecule has 1 aliphatic carbocycles. The molecule has 0 bridgehead atoms. The van der Waals surface area contributed by atoms with E-state index in [4.69, 9.17) is 4.74 Å². The lowest BCUT2D eigenvalue weighted by Gasteiger charge is -2.30. The van der Waals surface area contributed by atoms with Gasteiger partial charge in [0.05, 0.1) is 6.61 Å². The van der Waals surface area contributed by atoms with E-state index in [0.29, 0.717) is 0 Å². The number of hydrogen-bond donors (Lipinski definition) is 0. The van der Waals surface area contributed by atoms with Gasteiger partial charge in [0, 0.05) is 12.6 Å². The van der Waals surface area contributed by atoms with Crippen LogP contribution in [-0.4, -0.2) is 41.8 Å². The Bertz CT molecular complexity index is 360. The van der Waals surface area contributed by atoms with Gasteiger partial charge in [0.2, 0.25) is 5.78 Å². The van der Waals surface area contributed by atoms with E-state index in [1.54, 1.807) is 11.8 Å². The third kappa shape index (κ3) is 2.40. The van der Waals surface area contributed by atoms with Crippen molar-refractivity contribution in [1.82, 2.24) is 4.90 Å². The van der Waals surface area contributed by atoms with E-state index in [2.05, 4.69) is 0 Å². The molecule has 1 amide bonds. The number of carbonyl (C=O) groups is 3. The number of likely N-dealkylation sites (tertiary alicyclic amines) is 1. The summed E-state index contributed by atoms with van der Waals surface area (Å²) in [5.41, 5.74) is 0. The molecule has 100 valence electrons. The number of esters is 1. The topological polar surface area (TPSA) is 63.7 Å². The van der Waals surface area contributed by atoms with Gasteiger partial charge in [0.15, 0.2) is 0 Å². The van der Waals surface area contributed by atoms with Gasteiger partial charge in [-0.2, -0.15) is 0 Å². The van der Waals surface area contributed by atoms with Crippen molar-refractivity contribution in [3.8, 4) is 0 Å². The third-order valence-electron chi connectivity index (χ3n) is 3.75. The molecule has 1 atom stereocenters. The Morgan fingerprint density at radius 2 is 1.94 bits per heavy atom. The number of rotatable bonds is 3. The number of ether oxygens (including phenoxy) is 1. The van der Waals surface area contributed by atoms with Crippen LogP contribution >= 0.6 is 0 Å². The molecule has 2 aliphatic rings. The first-order valence-corrected chi connectivity index (χ1v) is 6.66. The van der Waals surface area contributed by atoms with Crippen molar-refractivity contribution in [1.29, 1.82) is 0 Å². The van der Waals surface area contributed by atoms with Gasteiger partial charge in [0.25, 0.3) is 5.91 Å². The van der Waals surface area contributed by atoms with Crippen molar-refractivity contribution in [2.24, 2.45) is 5.92 Å². The van der Waals surface area contributed by atoms with Crippen LogP contribution in [0, 0.1) is 5.92 Å². The number of ketones is 1. The second kappa shape index (κ2) is 5.50. The van der Waals surface area contributed by atoms with Crippen molar-refractivity contribution >= 4 is 17.7 Å². The molecule has 0 N–H and O–H groups in total. The molecule has 18 heavy (non-hydrogen) atoms. The molecular weight excluding hydrogens is 234 g/mol. The molecule has 2 rings (SSSR count). The zero-order valence-electron chi connectivity index (χ0n) is 10.7. The molecule has 0 aromatic heterocycles. The van der Waals surface area contributed by atoms with Gasteiger partial charge >= 0.3 is 5.97 Å². The van der Waals surface area contributed by atoms with Crippen molar-refractivity contribution in [3.63, 3.8) is 0 Å². The molecule has 1 heterocycles. The average molecular weight is 253 g/mol. The Hall–Kier alpha value is -1.39. The summed E-state index contributed by atoms with van der Waals surface area (Å²) in [7, 11) is 0. The van der Waals surface area contributed by atoms with E-state index >= 15 is 0 Å². The molecule has 1 aliphatic heterocycles. The molecule has 0 radical (unpaired) electrons. The highest BCUT2D eigenvalue weighted by Crippen LogP contribution is 2.27. The monoisotopic (exact) mass is 253 g/mol. The molecule has 1 saturated carbocycles. The average Bonchev–Trinajstić information content (AvgIpc) is 2.68. The number of amides is 1. The molecule has 5 heteroatoms. The van der Waals surface area contributed by atoms with Crippen molar-refractivity contribution in [3.05, 3.63) is 0 Å². The summed E-state index contributed by atoms with van der Waals surface area (Å²) in [6.07, 6.45) is 5.25. The fraction of sp³-hybridized carbons (Fsp3) is 0.769. The van der Waals surface area contributed by atoms with Crippen LogP contribution < -0.4 is 0 Å². The van der Waals surface area contributed by atoms with Crippen LogP contribution in [0.5, 0.6) is 0 Å². The second-order valence-corrected chi connectivity index (χ2v) is 4.92. The van der Waals surface area contributed by atoms with Crippen molar-refractivity contribution in [2.75, 3.05) is 13.2 Å². The highest BCUT2D eigenvalue weighted by molar-refractivity contribution is 6.42. The van der Waals surface area contributed by atoms with Crippen LogP contribution in [0.25, 0.3) is 0 Å². The normalized spacial score (nSPS) is 25.6. The molecule has 0 aromatic carbocycles. The first-order valence-electron chi connectivity index (χ1n) is 6.66. The highest BCUT2D eigenvalue weighted by atomic mass is 16.5. The summed E-state index contributed by atoms with van der Waals surface area (Å²) in [5, 5.41) is 0. The highest BCUT2D eigenvalue weighted by Gasteiger charge is 2.46. The summed E-state index contributed by atoms with van der Waals surface area (Å²) in [5.74, 6) is -2.56. The van der Waals surface area contributed by atoms with E-state index < -0.39 is 23.6 Å². The largest absolute Gasteiger partial charge is 0.465 e. The summed E-state index contributed by atoms with van der Waals surface area (Å²) < 4.78 is 4.84. The lowest BCUT2D eigenvalue weighted by Crippen LogP contribution is -2.39. The van der Waals surface area contributed by atoms with Crippen LogP contribution in [0.2, 0.25) is 0 Å². The third-order valence-corrected chi connectivity index (χ3v) is 3.75. The number of carbonyl (C=O) groups excluding carboxylic acids is 3. The SMILES string of the molecule is CCOC(=O)[C@H]1CN(C2CCCCC2)C(=O)C1=O. The maximum atomic E-state index is 11.9. The summed E-state index contributed by atoms with van der Waals surface area (Å²) in [6.45, 7) is 2.14. The maximum absolute atomic E-state index is 11.9. The number of nitrogens with zero attached hydrogens (tertiary/aromatic N) is 1. The van der Waals surface area contributed by atoms with E-state index in [1.165, 1.54) is 6.42 Å². The minimum Gasteiger partial charge on any atom is -0.465 e.